The lowest BCUT2D eigenvalue weighted by Crippen LogP contribution is -2.38. The molecule has 0 saturated heterocycles. The summed E-state index contributed by atoms with van der Waals surface area (Å²) in [6.45, 7) is 3.91. The lowest BCUT2D eigenvalue weighted by Gasteiger charge is -2.24. The number of amides is 1. The summed E-state index contributed by atoms with van der Waals surface area (Å²) in [5.41, 5.74) is 3.78. The molecule has 3 heteroatoms. The topological polar surface area (TPSA) is 38.3 Å². The summed E-state index contributed by atoms with van der Waals surface area (Å²) >= 11 is 0. The van der Waals surface area contributed by atoms with E-state index >= 15 is 0 Å². The van der Waals surface area contributed by atoms with Crippen molar-refractivity contribution >= 4 is 5.91 Å². The summed E-state index contributed by atoms with van der Waals surface area (Å²) in [6.07, 6.45) is 4.93. The SMILES string of the molecule is CC[C@@H](NC(=O)[C@H](C)Oc1cccc2c1CCCC2)c1ccccc1. The lowest BCUT2D eigenvalue weighted by molar-refractivity contribution is -0.128. The van der Waals surface area contributed by atoms with Gasteiger partial charge in [-0.25, -0.2) is 0 Å². The molecule has 0 heterocycles. The summed E-state index contributed by atoms with van der Waals surface area (Å²) in [6, 6.07) is 16.3. The fourth-order valence-corrected chi connectivity index (χ4v) is 3.50. The number of benzene rings is 2. The van der Waals surface area contributed by atoms with Crippen LogP contribution in [0.5, 0.6) is 5.75 Å². The first kappa shape index (κ1) is 17.5. The van der Waals surface area contributed by atoms with E-state index in [1.807, 2.05) is 49.4 Å². The number of carbonyl (C=O) groups is 1. The Balaban J connectivity index is 1.67. The molecule has 3 rings (SSSR count). The van der Waals surface area contributed by atoms with Gasteiger partial charge in [0.15, 0.2) is 6.10 Å². The molecule has 2 aromatic carbocycles. The lowest BCUT2D eigenvalue weighted by atomic mass is 9.91. The van der Waals surface area contributed by atoms with Gasteiger partial charge in [0.25, 0.3) is 5.91 Å². The summed E-state index contributed by atoms with van der Waals surface area (Å²) in [7, 11) is 0. The van der Waals surface area contributed by atoms with Crippen molar-refractivity contribution in [2.24, 2.45) is 0 Å². The number of nitrogens with one attached hydrogen (secondary N) is 1. The van der Waals surface area contributed by atoms with Gasteiger partial charge >= 0.3 is 0 Å². The van der Waals surface area contributed by atoms with E-state index in [1.54, 1.807) is 0 Å². The number of carbonyl (C=O) groups excluding carboxylic acids is 1. The van der Waals surface area contributed by atoms with Crippen LogP contribution in [0.2, 0.25) is 0 Å². The normalized spacial score (nSPS) is 15.8. The molecule has 0 saturated carbocycles. The van der Waals surface area contributed by atoms with E-state index in [1.165, 1.54) is 24.0 Å². The van der Waals surface area contributed by atoms with E-state index in [0.29, 0.717) is 0 Å². The Kier molecular flexibility index (Phi) is 5.75. The molecule has 1 aliphatic rings. The largest absolute Gasteiger partial charge is 0.481 e. The molecule has 0 radical (unpaired) electrons. The third-order valence-electron chi connectivity index (χ3n) is 4.95. The van der Waals surface area contributed by atoms with E-state index in [2.05, 4.69) is 18.3 Å². The molecule has 0 aromatic heterocycles. The third kappa shape index (κ3) is 4.22. The van der Waals surface area contributed by atoms with Crippen LogP contribution in [-0.2, 0) is 17.6 Å². The van der Waals surface area contributed by atoms with Crippen molar-refractivity contribution in [2.75, 3.05) is 0 Å². The van der Waals surface area contributed by atoms with Crippen LogP contribution in [0.25, 0.3) is 0 Å². The molecule has 1 N–H and O–H groups in total. The van der Waals surface area contributed by atoms with Gasteiger partial charge in [-0.15, -0.1) is 0 Å². The van der Waals surface area contributed by atoms with Gasteiger partial charge in [-0.2, -0.15) is 0 Å². The number of hydrogen-bond acceptors (Lipinski definition) is 2. The van der Waals surface area contributed by atoms with Gasteiger partial charge in [-0.1, -0.05) is 49.4 Å². The maximum Gasteiger partial charge on any atom is 0.261 e. The molecule has 0 bridgehead atoms. The van der Waals surface area contributed by atoms with Gasteiger partial charge in [0.05, 0.1) is 6.04 Å². The van der Waals surface area contributed by atoms with Crippen molar-refractivity contribution in [3.05, 3.63) is 65.2 Å². The van der Waals surface area contributed by atoms with Crippen LogP contribution in [0.15, 0.2) is 48.5 Å². The minimum absolute atomic E-state index is 0.0180. The fraction of sp³-hybridized carbons (Fsp3) is 0.409. The number of aryl methyl sites for hydroxylation is 1. The van der Waals surface area contributed by atoms with Crippen LogP contribution >= 0.6 is 0 Å². The highest BCUT2D eigenvalue weighted by Gasteiger charge is 2.21. The Morgan fingerprint density at radius 2 is 1.84 bits per heavy atom. The summed E-state index contributed by atoms with van der Waals surface area (Å²) in [4.78, 5) is 12.6. The second-order valence-corrected chi connectivity index (χ2v) is 6.74. The zero-order chi connectivity index (χ0) is 17.6. The zero-order valence-electron chi connectivity index (χ0n) is 15.1. The number of rotatable bonds is 6. The average Bonchev–Trinajstić information content (AvgIpc) is 2.67. The van der Waals surface area contributed by atoms with Gasteiger partial charge < -0.3 is 10.1 Å². The Morgan fingerprint density at radius 3 is 2.60 bits per heavy atom. The van der Waals surface area contributed by atoms with E-state index in [-0.39, 0.29) is 11.9 Å². The maximum atomic E-state index is 12.6. The minimum Gasteiger partial charge on any atom is -0.481 e. The highest BCUT2D eigenvalue weighted by molar-refractivity contribution is 5.81. The first-order valence-corrected chi connectivity index (χ1v) is 9.31. The van der Waals surface area contributed by atoms with Gasteiger partial charge in [0.1, 0.15) is 5.75 Å². The molecule has 2 aromatic rings. The van der Waals surface area contributed by atoms with Crippen molar-refractivity contribution < 1.29 is 9.53 Å². The fourth-order valence-electron chi connectivity index (χ4n) is 3.50. The van der Waals surface area contributed by atoms with Crippen LogP contribution in [0.4, 0.5) is 0 Å². The molecule has 2 atom stereocenters. The standard InChI is InChI=1S/C22H27NO2/c1-3-20(18-11-5-4-6-12-18)23-22(24)16(2)25-21-15-9-13-17-10-7-8-14-19(17)21/h4-6,9,11-13,15-16,20H,3,7-8,10,14H2,1-2H3,(H,23,24)/t16-,20+/m0/s1. The summed E-state index contributed by atoms with van der Waals surface area (Å²) in [5, 5.41) is 3.12. The van der Waals surface area contributed by atoms with Crippen molar-refractivity contribution in [3.63, 3.8) is 0 Å². The van der Waals surface area contributed by atoms with Gasteiger partial charge in [-0.05, 0) is 61.8 Å². The van der Waals surface area contributed by atoms with E-state index in [0.717, 1.165) is 30.6 Å². The van der Waals surface area contributed by atoms with Crippen LogP contribution in [-0.4, -0.2) is 12.0 Å². The zero-order valence-corrected chi connectivity index (χ0v) is 15.1. The van der Waals surface area contributed by atoms with Gasteiger partial charge in [-0.3, -0.25) is 4.79 Å². The Hall–Kier alpha value is -2.29. The van der Waals surface area contributed by atoms with Crippen LogP contribution in [0.3, 0.4) is 0 Å². The van der Waals surface area contributed by atoms with E-state index in [4.69, 9.17) is 4.74 Å². The van der Waals surface area contributed by atoms with E-state index < -0.39 is 6.10 Å². The highest BCUT2D eigenvalue weighted by Crippen LogP contribution is 2.30. The molecule has 0 unspecified atom stereocenters. The molecule has 25 heavy (non-hydrogen) atoms. The molecule has 1 amide bonds. The average molecular weight is 337 g/mol. The Bertz CT molecular complexity index is 711. The second-order valence-electron chi connectivity index (χ2n) is 6.74. The smallest absolute Gasteiger partial charge is 0.261 e. The van der Waals surface area contributed by atoms with Crippen LogP contribution < -0.4 is 10.1 Å². The van der Waals surface area contributed by atoms with Crippen molar-refractivity contribution in [1.82, 2.24) is 5.32 Å². The first-order valence-electron chi connectivity index (χ1n) is 9.31. The second kappa shape index (κ2) is 8.19. The first-order chi connectivity index (χ1) is 12.2. The van der Waals surface area contributed by atoms with Crippen molar-refractivity contribution in [1.29, 1.82) is 0 Å². The third-order valence-corrected chi connectivity index (χ3v) is 4.95. The molecule has 1 aliphatic carbocycles. The molecule has 0 aliphatic heterocycles. The molecule has 0 fully saturated rings. The summed E-state index contributed by atoms with van der Waals surface area (Å²) < 4.78 is 6.04. The molecular weight excluding hydrogens is 310 g/mol. The monoisotopic (exact) mass is 337 g/mol. The highest BCUT2D eigenvalue weighted by atomic mass is 16.5. The summed E-state index contributed by atoms with van der Waals surface area (Å²) in [5.74, 6) is 0.803. The van der Waals surface area contributed by atoms with Crippen LogP contribution in [0.1, 0.15) is 55.8 Å². The molecule has 0 spiro atoms. The van der Waals surface area contributed by atoms with Gasteiger partial charge in [0, 0.05) is 0 Å². The number of ether oxygens (including phenoxy) is 1. The maximum absolute atomic E-state index is 12.6. The predicted octanol–water partition coefficient (Wildman–Crippen LogP) is 4.60. The predicted molar refractivity (Wildman–Crippen MR) is 101 cm³/mol. The molecule has 3 nitrogen and oxygen atoms in total. The van der Waals surface area contributed by atoms with Crippen molar-refractivity contribution in [2.45, 2.75) is 58.1 Å². The quantitative estimate of drug-likeness (QED) is 0.836. The molecule has 132 valence electrons. The van der Waals surface area contributed by atoms with Gasteiger partial charge in [0.2, 0.25) is 0 Å². The van der Waals surface area contributed by atoms with Crippen LogP contribution in [0, 0.1) is 0 Å². The Labute approximate surface area is 150 Å². The van der Waals surface area contributed by atoms with Crippen molar-refractivity contribution in [3.8, 4) is 5.75 Å². The number of hydrogen-bond donors (Lipinski definition) is 1. The Morgan fingerprint density at radius 1 is 1.08 bits per heavy atom. The minimum atomic E-state index is -0.508. The molecular formula is C22H27NO2. The number of fused-ring (bicyclic) bond motifs is 1. The van der Waals surface area contributed by atoms with E-state index in [9.17, 15) is 4.79 Å².